The standard InChI is InChI=1S/C19H25N3O4S/c1-4-22(17-9-10-27(24,25)12-17)11-15-5-7-16(8-6-15)19(23)20-18-13(2)21-26-14(18)3/h5-8,17H,4,9-12H2,1-3H3,(H,20,23)/t17-/m1/s1. The number of carbonyl (C=O) groups excluding carboxylic acids is 1. The first kappa shape index (κ1) is 19.6. The van der Waals surface area contributed by atoms with Crippen LogP contribution in [0.3, 0.4) is 0 Å². The van der Waals surface area contributed by atoms with E-state index in [1.165, 1.54) is 0 Å². The molecule has 1 fully saturated rings. The molecule has 1 atom stereocenters. The summed E-state index contributed by atoms with van der Waals surface area (Å²) in [6.45, 7) is 7.02. The Balaban J connectivity index is 1.65. The number of nitrogens with one attached hydrogen (secondary N) is 1. The third-order valence-corrected chi connectivity index (χ3v) is 6.76. The molecule has 2 heterocycles. The van der Waals surface area contributed by atoms with E-state index in [0.29, 0.717) is 35.7 Å². The molecular weight excluding hydrogens is 366 g/mol. The number of carbonyl (C=O) groups is 1. The highest BCUT2D eigenvalue weighted by atomic mass is 32.2. The Bertz CT molecular complexity index is 899. The molecule has 7 nitrogen and oxygen atoms in total. The van der Waals surface area contributed by atoms with Crippen LogP contribution in [-0.4, -0.2) is 48.5 Å². The molecular formula is C19H25N3O4S. The van der Waals surface area contributed by atoms with Gasteiger partial charge in [-0.15, -0.1) is 0 Å². The number of benzene rings is 1. The SMILES string of the molecule is CCN(Cc1ccc(C(=O)Nc2c(C)noc2C)cc1)[C@@H]1CCS(=O)(=O)C1. The molecule has 1 aromatic carbocycles. The third kappa shape index (κ3) is 4.56. The zero-order chi connectivity index (χ0) is 19.6. The Morgan fingerprint density at radius 2 is 2.00 bits per heavy atom. The summed E-state index contributed by atoms with van der Waals surface area (Å²) >= 11 is 0. The van der Waals surface area contributed by atoms with Crippen LogP contribution in [-0.2, 0) is 16.4 Å². The van der Waals surface area contributed by atoms with E-state index in [4.69, 9.17) is 4.52 Å². The average Bonchev–Trinajstić information content (AvgIpc) is 3.16. The van der Waals surface area contributed by atoms with E-state index in [0.717, 1.165) is 12.1 Å². The van der Waals surface area contributed by atoms with Gasteiger partial charge in [-0.05, 0) is 44.5 Å². The fourth-order valence-corrected chi connectivity index (χ4v) is 5.17. The van der Waals surface area contributed by atoms with E-state index in [1.54, 1.807) is 26.0 Å². The lowest BCUT2D eigenvalue weighted by Crippen LogP contribution is -2.35. The van der Waals surface area contributed by atoms with Crippen molar-refractivity contribution in [3.05, 3.63) is 46.8 Å². The number of anilines is 1. The lowest BCUT2D eigenvalue weighted by atomic mass is 10.1. The van der Waals surface area contributed by atoms with Gasteiger partial charge in [0, 0.05) is 18.2 Å². The van der Waals surface area contributed by atoms with Crippen molar-refractivity contribution in [3.8, 4) is 0 Å². The molecule has 1 amide bonds. The smallest absolute Gasteiger partial charge is 0.255 e. The Hall–Kier alpha value is -2.19. The topological polar surface area (TPSA) is 92.5 Å². The summed E-state index contributed by atoms with van der Waals surface area (Å²) in [7, 11) is -2.90. The second-order valence-electron chi connectivity index (χ2n) is 6.97. The first-order valence-electron chi connectivity index (χ1n) is 9.06. The number of aryl methyl sites for hydroxylation is 2. The van der Waals surface area contributed by atoms with Gasteiger partial charge in [-0.3, -0.25) is 9.69 Å². The summed E-state index contributed by atoms with van der Waals surface area (Å²) in [4.78, 5) is 14.6. The molecule has 1 aliphatic rings. The summed E-state index contributed by atoms with van der Waals surface area (Å²) in [6, 6.07) is 7.45. The van der Waals surface area contributed by atoms with Crippen LogP contribution in [0.25, 0.3) is 0 Å². The molecule has 1 N–H and O–H groups in total. The molecule has 1 saturated heterocycles. The van der Waals surface area contributed by atoms with Crippen LogP contribution >= 0.6 is 0 Å². The monoisotopic (exact) mass is 391 g/mol. The minimum atomic E-state index is -2.90. The molecule has 27 heavy (non-hydrogen) atoms. The molecule has 146 valence electrons. The highest BCUT2D eigenvalue weighted by Gasteiger charge is 2.31. The zero-order valence-corrected chi connectivity index (χ0v) is 16.7. The van der Waals surface area contributed by atoms with Crippen LogP contribution in [0.2, 0.25) is 0 Å². The van der Waals surface area contributed by atoms with Crippen molar-refractivity contribution in [2.24, 2.45) is 0 Å². The third-order valence-electron chi connectivity index (χ3n) is 5.00. The number of amides is 1. The highest BCUT2D eigenvalue weighted by molar-refractivity contribution is 7.91. The van der Waals surface area contributed by atoms with Gasteiger partial charge in [0.05, 0.1) is 11.5 Å². The van der Waals surface area contributed by atoms with E-state index in [-0.39, 0.29) is 23.5 Å². The molecule has 1 aromatic heterocycles. The van der Waals surface area contributed by atoms with E-state index in [9.17, 15) is 13.2 Å². The largest absolute Gasteiger partial charge is 0.359 e. The molecule has 0 radical (unpaired) electrons. The van der Waals surface area contributed by atoms with Gasteiger partial charge in [0.2, 0.25) is 0 Å². The molecule has 3 rings (SSSR count). The van der Waals surface area contributed by atoms with Crippen molar-refractivity contribution >= 4 is 21.4 Å². The first-order valence-corrected chi connectivity index (χ1v) is 10.9. The Morgan fingerprint density at radius 1 is 1.30 bits per heavy atom. The van der Waals surface area contributed by atoms with Crippen LogP contribution in [0.1, 0.15) is 40.7 Å². The molecule has 0 unspecified atom stereocenters. The van der Waals surface area contributed by atoms with Crippen LogP contribution < -0.4 is 5.32 Å². The minimum absolute atomic E-state index is 0.0718. The van der Waals surface area contributed by atoms with Gasteiger partial charge in [-0.1, -0.05) is 24.2 Å². The van der Waals surface area contributed by atoms with Crippen molar-refractivity contribution in [1.29, 1.82) is 0 Å². The normalized spacial score (nSPS) is 18.7. The van der Waals surface area contributed by atoms with Gasteiger partial charge in [0.15, 0.2) is 15.6 Å². The lowest BCUT2D eigenvalue weighted by molar-refractivity contribution is 0.102. The summed E-state index contributed by atoms with van der Waals surface area (Å²) in [5, 5.41) is 6.66. The molecule has 0 aliphatic carbocycles. The van der Waals surface area contributed by atoms with E-state index in [2.05, 4.69) is 15.4 Å². The van der Waals surface area contributed by atoms with Gasteiger partial charge >= 0.3 is 0 Å². The van der Waals surface area contributed by atoms with Crippen molar-refractivity contribution in [3.63, 3.8) is 0 Å². The summed E-state index contributed by atoms with van der Waals surface area (Å²) in [6.07, 6.45) is 0.689. The second-order valence-corrected chi connectivity index (χ2v) is 9.20. The fraction of sp³-hybridized carbons (Fsp3) is 0.474. The maximum absolute atomic E-state index is 12.4. The van der Waals surface area contributed by atoms with Gasteiger partial charge in [0.25, 0.3) is 5.91 Å². The number of nitrogens with zero attached hydrogens (tertiary/aromatic N) is 2. The average molecular weight is 391 g/mol. The summed E-state index contributed by atoms with van der Waals surface area (Å²) in [5.74, 6) is 0.862. The van der Waals surface area contributed by atoms with E-state index in [1.807, 2.05) is 19.1 Å². The van der Waals surface area contributed by atoms with Crippen molar-refractivity contribution < 1.29 is 17.7 Å². The molecule has 2 aromatic rings. The zero-order valence-electron chi connectivity index (χ0n) is 15.9. The molecule has 1 aliphatic heterocycles. The fourth-order valence-electron chi connectivity index (χ4n) is 3.41. The van der Waals surface area contributed by atoms with Crippen molar-refractivity contribution in [2.45, 2.75) is 39.8 Å². The maximum atomic E-state index is 12.4. The highest BCUT2D eigenvalue weighted by Crippen LogP contribution is 2.21. The minimum Gasteiger partial charge on any atom is -0.359 e. The first-order chi connectivity index (χ1) is 12.8. The predicted molar refractivity (Wildman–Crippen MR) is 104 cm³/mol. The summed E-state index contributed by atoms with van der Waals surface area (Å²) in [5.41, 5.74) is 2.84. The quantitative estimate of drug-likeness (QED) is 0.814. The number of hydrogen-bond acceptors (Lipinski definition) is 6. The van der Waals surface area contributed by atoms with Crippen molar-refractivity contribution in [2.75, 3.05) is 23.4 Å². The summed E-state index contributed by atoms with van der Waals surface area (Å²) < 4.78 is 28.5. The van der Waals surface area contributed by atoms with Gasteiger partial charge < -0.3 is 9.84 Å². The van der Waals surface area contributed by atoms with Gasteiger partial charge in [-0.25, -0.2) is 8.42 Å². The molecule has 0 saturated carbocycles. The number of hydrogen-bond donors (Lipinski definition) is 1. The van der Waals surface area contributed by atoms with Crippen LogP contribution in [0.4, 0.5) is 5.69 Å². The Kier molecular flexibility index (Phi) is 5.67. The second kappa shape index (κ2) is 7.82. The van der Waals surface area contributed by atoms with Crippen LogP contribution in [0, 0.1) is 13.8 Å². The Morgan fingerprint density at radius 3 is 2.52 bits per heavy atom. The molecule has 0 spiro atoms. The van der Waals surface area contributed by atoms with Gasteiger partial charge in [0.1, 0.15) is 11.4 Å². The number of rotatable bonds is 6. The maximum Gasteiger partial charge on any atom is 0.255 e. The number of aromatic nitrogens is 1. The molecule has 0 bridgehead atoms. The van der Waals surface area contributed by atoms with Crippen molar-refractivity contribution in [1.82, 2.24) is 10.1 Å². The predicted octanol–water partition coefficient (Wildman–Crippen LogP) is 2.55. The van der Waals surface area contributed by atoms with E-state index < -0.39 is 9.84 Å². The van der Waals surface area contributed by atoms with Crippen LogP contribution in [0.5, 0.6) is 0 Å². The van der Waals surface area contributed by atoms with E-state index >= 15 is 0 Å². The number of sulfone groups is 1. The lowest BCUT2D eigenvalue weighted by Gasteiger charge is -2.26. The Labute approximate surface area is 159 Å². The molecule has 8 heteroatoms. The van der Waals surface area contributed by atoms with Crippen LogP contribution in [0.15, 0.2) is 28.8 Å². The van der Waals surface area contributed by atoms with Gasteiger partial charge in [-0.2, -0.15) is 0 Å².